The zero-order valence-corrected chi connectivity index (χ0v) is 11.0. The Labute approximate surface area is 109 Å². The average Bonchev–Trinajstić information content (AvgIpc) is 2.77. The Kier molecular flexibility index (Phi) is 3.66. The van der Waals surface area contributed by atoms with Gasteiger partial charge in [-0.3, -0.25) is 9.36 Å². The number of benzene rings is 1. The van der Waals surface area contributed by atoms with Crippen molar-refractivity contribution in [2.45, 2.75) is 24.3 Å². The van der Waals surface area contributed by atoms with Crippen molar-refractivity contribution >= 4 is 17.7 Å². The zero-order chi connectivity index (χ0) is 13.1. The third kappa shape index (κ3) is 2.53. The molecule has 2 N–H and O–H groups in total. The van der Waals surface area contributed by atoms with Crippen molar-refractivity contribution in [1.29, 1.82) is 0 Å². The average molecular weight is 262 g/mol. The summed E-state index contributed by atoms with van der Waals surface area (Å²) in [5.74, 6) is -0.362. The lowest BCUT2D eigenvalue weighted by Gasteiger charge is -2.10. The summed E-state index contributed by atoms with van der Waals surface area (Å²) in [5.41, 5.74) is 7.37. The summed E-state index contributed by atoms with van der Waals surface area (Å²) in [6, 6.07) is 7.93. The molecule has 1 heterocycles. The fraction of sp³-hybridized carbons (Fsp3) is 0.250. The summed E-state index contributed by atoms with van der Waals surface area (Å²) in [6.45, 7) is 3.77. The number of aryl methyl sites for hydroxylation is 1. The van der Waals surface area contributed by atoms with Crippen molar-refractivity contribution < 1.29 is 4.79 Å². The molecule has 18 heavy (non-hydrogen) atoms. The predicted molar refractivity (Wildman–Crippen MR) is 70.6 cm³/mol. The highest BCUT2D eigenvalue weighted by Crippen LogP contribution is 2.24. The van der Waals surface area contributed by atoms with Gasteiger partial charge in [-0.2, -0.15) is 0 Å². The minimum absolute atomic E-state index is 0.336. The number of para-hydroxylation sites is 1. The van der Waals surface area contributed by atoms with Crippen molar-refractivity contribution in [1.82, 2.24) is 14.8 Å². The highest BCUT2D eigenvalue weighted by Gasteiger charge is 2.16. The molecular formula is C12H14N4OS. The zero-order valence-electron chi connectivity index (χ0n) is 10.2. The third-order valence-corrected chi connectivity index (χ3v) is 3.65. The smallest absolute Gasteiger partial charge is 0.230 e. The Morgan fingerprint density at radius 3 is 2.83 bits per heavy atom. The first kappa shape index (κ1) is 12.6. The van der Waals surface area contributed by atoms with Crippen LogP contribution < -0.4 is 5.73 Å². The van der Waals surface area contributed by atoms with Crippen molar-refractivity contribution in [3.05, 3.63) is 36.2 Å². The van der Waals surface area contributed by atoms with Gasteiger partial charge in [0.15, 0.2) is 5.16 Å². The summed E-state index contributed by atoms with van der Waals surface area (Å²) in [6.07, 6.45) is 1.64. The SMILES string of the molecule is Cc1ccccc1-n1cnnc1SC(C)C(N)=O. The molecular weight excluding hydrogens is 248 g/mol. The molecule has 2 rings (SSSR count). The van der Waals surface area contributed by atoms with Crippen LogP contribution in [-0.4, -0.2) is 25.9 Å². The predicted octanol–water partition coefficient (Wildman–Crippen LogP) is 1.54. The van der Waals surface area contributed by atoms with E-state index in [1.54, 1.807) is 13.3 Å². The van der Waals surface area contributed by atoms with Crippen molar-refractivity contribution in [2.24, 2.45) is 5.73 Å². The van der Waals surface area contributed by atoms with E-state index in [1.807, 2.05) is 35.8 Å². The van der Waals surface area contributed by atoms with Crippen LogP contribution in [-0.2, 0) is 4.79 Å². The van der Waals surface area contributed by atoms with E-state index in [0.717, 1.165) is 11.3 Å². The molecule has 0 radical (unpaired) electrons. The number of hydrogen-bond acceptors (Lipinski definition) is 4. The maximum atomic E-state index is 11.1. The molecule has 2 aromatic rings. The second-order valence-corrected chi connectivity index (χ2v) is 5.24. The van der Waals surface area contributed by atoms with Gasteiger partial charge >= 0.3 is 0 Å². The summed E-state index contributed by atoms with van der Waals surface area (Å²) < 4.78 is 1.86. The molecule has 0 aliphatic heterocycles. The van der Waals surface area contributed by atoms with E-state index in [1.165, 1.54) is 11.8 Å². The molecule has 6 heteroatoms. The molecule has 1 atom stereocenters. The number of nitrogens with two attached hydrogens (primary N) is 1. The van der Waals surface area contributed by atoms with E-state index >= 15 is 0 Å². The highest BCUT2D eigenvalue weighted by atomic mass is 32.2. The number of amides is 1. The number of thioether (sulfide) groups is 1. The van der Waals surface area contributed by atoms with Crippen molar-refractivity contribution in [2.75, 3.05) is 0 Å². The van der Waals surface area contributed by atoms with Gasteiger partial charge in [-0.25, -0.2) is 0 Å². The van der Waals surface area contributed by atoms with Gasteiger partial charge < -0.3 is 5.73 Å². The van der Waals surface area contributed by atoms with E-state index in [2.05, 4.69) is 10.2 Å². The minimum Gasteiger partial charge on any atom is -0.369 e. The highest BCUT2D eigenvalue weighted by molar-refractivity contribution is 8.00. The Morgan fingerprint density at radius 2 is 2.17 bits per heavy atom. The van der Waals surface area contributed by atoms with E-state index in [0.29, 0.717) is 5.16 Å². The van der Waals surface area contributed by atoms with Crippen LogP contribution in [0.4, 0.5) is 0 Å². The van der Waals surface area contributed by atoms with Crippen molar-refractivity contribution in [3.8, 4) is 5.69 Å². The Hall–Kier alpha value is -1.82. The number of nitrogens with zero attached hydrogens (tertiary/aromatic N) is 3. The monoisotopic (exact) mass is 262 g/mol. The largest absolute Gasteiger partial charge is 0.369 e. The molecule has 1 aromatic carbocycles. The lowest BCUT2D eigenvalue weighted by Crippen LogP contribution is -2.23. The van der Waals surface area contributed by atoms with Gasteiger partial charge in [-0.15, -0.1) is 10.2 Å². The first-order valence-electron chi connectivity index (χ1n) is 5.51. The molecule has 0 aliphatic rings. The van der Waals surface area contributed by atoms with Crippen LogP contribution in [0.25, 0.3) is 5.69 Å². The number of aromatic nitrogens is 3. The van der Waals surface area contributed by atoms with Gasteiger partial charge in [0.25, 0.3) is 0 Å². The van der Waals surface area contributed by atoms with Crippen LogP contribution in [0.1, 0.15) is 12.5 Å². The molecule has 0 bridgehead atoms. The molecule has 0 aliphatic carbocycles. The fourth-order valence-corrected chi connectivity index (χ4v) is 2.31. The summed E-state index contributed by atoms with van der Waals surface area (Å²) in [4.78, 5) is 11.1. The minimum atomic E-state index is -0.362. The maximum Gasteiger partial charge on any atom is 0.230 e. The van der Waals surface area contributed by atoms with Gasteiger partial charge in [-0.05, 0) is 25.5 Å². The molecule has 94 valence electrons. The Morgan fingerprint density at radius 1 is 1.44 bits per heavy atom. The molecule has 0 fully saturated rings. The number of carbonyl (C=O) groups excluding carboxylic acids is 1. The third-order valence-electron chi connectivity index (χ3n) is 2.57. The lowest BCUT2D eigenvalue weighted by atomic mass is 10.2. The second-order valence-electron chi connectivity index (χ2n) is 3.93. The molecule has 1 unspecified atom stereocenters. The van der Waals surface area contributed by atoms with Crippen LogP contribution in [0.3, 0.4) is 0 Å². The van der Waals surface area contributed by atoms with Gasteiger partial charge in [0.2, 0.25) is 5.91 Å². The van der Waals surface area contributed by atoms with Crippen molar-refractivity contribution in [3.63, 3.8) is 0 Å². The van der Waals surface area contributed by atoms with E-state index in [4.69, 9.17) is 5.73 Å². The Bertz CT molecular complexity index is 567. The second kappa shape index (κ2) is 5.22. The lowest BCUT2D eigenvalue weighted by molar-refractivity contribution is -0.117. The topological polar surface area (TPSA) is 73.8 Å². The first-order chi connectivity index (χ1) is 8.59. The van der Waals surface area contributed by atoms with Gasteiger partial charge in [-0.1, -0.05) is 30.0 Å². The summed E-state index contributed by atoms with van der Waals surface area (Å²) in [5, 5.41) is 8.24. The number of rotatable bonds is 4. The van der Waals surface area contributed by atoms with Crippen LogP contribution in [0.2, 0.25) is 0 Å². The first-order valence-corrected chi connectivity index (χ1v) is 6.39. The standard InChI is InChI=1S/C12H14N4OS/c1-8-5-3-4-6-10(8)16-7-14-15-12(16)18-9(2)11(13)17/h3-7,9H,1-2H3,(H2,13,17). The van der Waals surface area contributed by atoms with Crippen LogP contribution >= 0.6 is 11.8 Å². The van der Waals surface area contributed by atoms with Crippen LogP contribution in [0, 0.1) is 6.92 Å². The molecule has 0 saturated heterocycles. The van der Waals surface area contributed by atoms with Gasteiger partial charge in [0.05, 0.1) is 10.9 Å². The summed E-state index contributed by atoms with van der Waals surface area (Å²) >= 11 is 1.30. The number of primary amides is 1. The van der Waals surface area contributed by atoms with Gasteiger partial charge in [0, 0.05) is 0 Å². The van der Waals surface area contributed by atoms with Crippen LogP contribution in [0.5, 0.6) is 0 Å². The normalized spacial score (nSPS) is 12.3. The van der Waals surface area contributed by atoms with Crippen LogP contribution in [0.15, 0.2) is 35.7 Å². The van der Waals surface area contributed by atoms with E-state index in [9.17, 15) is 4.79 Å². The number of carbonyl (C=O) groups is 1. The Balaban J connectivity index is 2.34. The molecule has 0 saturated carbocycles. The maximum absolute atomic E-state index is 11.1. The molecule has 5 nitrogen and oxygen atoms in total. The van der Waals surface area contributed by atoms with Gasteiger partial charge in [0.1, 0.15) is 6.33 Å². The molecule has 1 amide bonds. The van der Waals surface area contributed by atoms with E-state index in [-0.39, 0.29) is 11.2 Å². The molecule has 1 aromatic heterocycles. The number of hydrogen-bond donors (Lipinski definition) is 1. The quantitative estimate of drug-likeness (QED) is 0.848. The molecule has 0 spiro atoms. The van der Waals surface area contributed by atoms with E-state index < -0.39 is 0 Å². The summed E-state index contributed by atoms with van der Waals surface area (Å²) in [7, 11) is 0. The fourth-order valence-electron chi connectivity index (χ4n) is 1.52.